The zero-order valence-corrected chi connectivity index (χ0v) is 10.4. The summed E-state index contributed by atoms with van der Waals surface area (Å²) in [6.07, 6.45) is 7.45. The van der Waals surface area contributed by atoms with Crippen LogP contribution in [0.15, 0.2) is 29.8 Å². The van der Waals surface area contributed by atoms with E-state index >= 15 is 0 Å². The van der Waals surface area contributed by atoms with Crippen molar-refractivity contribution in [1.29, 1.82) is 0 Å². The fourth-order valence-electron chi connectivity index (χ4n) is 3.76. The van der Waals surface area contributed by atoms with E-state index in [1.165, 1.54) is 16.7 Å². The van der Waals surface area contributed by atoms with Crippen molar-refractivity contribution in [1.82, 2.24) is 0 Å². The fourth-order valence-corrected chi connectivity index (χ4v) is 3.76. The first kappa shape index (κ1) is 10.8. The van der Waals surface area contributed by atoms with Gasteiger partial charge in [0, 0.05) is 12.8 Å². The molecule has 0 saturated carbocycles. The lowest BCUT2D eigenvalue weighted by atomic mass is 9.82. The first-order valence-corrected chi connectivity index (χ1v) is 6.90. The second-order valence-corrected chi connectivity index (χ2v) is 5.94. The molecule has 0 radical (unpaired) electrons. The lowest BCUT2D eigenvalue weighted by molar-refractivity contribution is -0.0923. The van der Waals surface area contributed by atoms with E-state index < -0.39 is 5.60 Å². The number of ether oxygens (including phenoxy) is 1. The normalized spacial score (nSPS) is 37.5. The molecule has 2 unspecified atom stereocenters. The third-order valence-corrected chi connectivity index (χ3v) is 4.69. The van der Waals surface area contributed by atoms with Gasteiger partial charge in [-0.2, -0.15) is 0 Å². The predicted octanol–water partition coefficient (Wildman–Crippen LogP) is 2.70. The van der Waals surface area contributed by atoms with E-state index in [1.807, 2.05) is 0 Å². The van der Waals surface area contributed by atoms with Gasteiger partial charge in [-0.3, -0.25) is 0 Å². The number of hydrogen-bond donors (Lipinski definition) is 1. The van der Waals surface area contributed by atoms with Crippen LogP contribution in [0, 0.1) is 0 Å². The quantitative estimate of drug-likeness (QED) is 0.820. The van der Waals surface area contributed by atoms with E-state index in [0.717, 1.165) is 32.1 Å². The minimum absolute atomic E-state index is 0.276. The number of rotatable bonds is 1. The molecule has 1 aliphatic carbocycles. The second kappa shape index (κ2) is 3.69. The summed E-state index contributed by atoms with van der Waals surface area (Å²) in [6, 6.07) is 8.44. The highest BCUT2D eigenvalue weighted by Gasteiger charge is 2.46. The molecule has 94 valence electrons. The van der Waals surface area contributed by atoms with Crippen molar-refractivity contribution in [3.05, 3.63) is 41.0 Å². The summed E-state index contributed by atoms with van der Waals surface area (Å²) in [7, 11) is 0. The van der Waals surface area contributed by atoms with Gasteiger partial charge in [0.25, 0.3) is 0 Å². The van der Waals surface area contributed by atoms with E-state index in [2.05, 4.69) is 30.3 Å². The molecule has 4 rings (SSSR count). The molecule has 1 aromatic carbocycles. The SMILES string of the molecule is OC1(C2=Cc3ccccc3C2)CC2CCC(C1)O2. The summed E-state index contributed by atoms with van der Waals surface area (Å²) in [6.45, 7) is 0. The van der Waals surface area contributed by atoms with E-state index in [0.29, 0.717) is 0 Å². The van der Waals surface area contributed by atoms with E-state index in [1.54, 1.807) is 0 Å². The Morgan fingerprint density at radius 2 is 1.83 bits per heavy atom. The Kier molecular flexibility index (Phi) is 2.21. The van der Waals surface area contributed by atoms with Crippen molar-refractivity contribution in [2.24, 2.45) is 0 Å². The molecular weight excluding hydrogens is 224 g/mol. The standard InChI is InChI=1S/C16H18O2/c17-16(9-14-5-6-15(10-16)18-14)13-7-11-3-1-2-4-12(11)8-13/h1-4,7,14-15,17H,5-6,8-10H2. The number of aliphatic hydroxyl groups is 1. The molecule has 2 nitrogen and oxygen atoms in total. The van der Waals surface area contributed by atoms with E-state index in [4.69, 9.17) is 4.74 Å². The maximum absolute atomic E-state index is 11.0. The van der Waals surface area contributed by atoms with Crippen LogP contribution in [-0.2, 0) is 11.2 Å². The monoisotopic (exact) mass is 242 g/mol. The summed E-state index contributed by atoms with van der Waals surface area (Å²) in [5.41, 5.74) is 3.20. The summed E-state index contributed by atoms with van der Waals surface area (Å²) in [5, 5.41) is 11.0. The molecule has 0 spiro atoms. The van der Waals surface area contributed by atoms with Crippen LogP contribution >= 0.6 is 0 Å². The maximum atomic E-state index is 11.0. The van der Waals surface area contributed by atoms with Crippen LogP contribution < -0.4 is 0 Å². The highest BCUT2D eigenvalue weighted by atomic mass is 16.5. The molecule has 2 heterocycles. The van der Waals surface area contributed by atoms with Crippen molar-refractivity contribution in [3.8, 4) is 0 Å². The number of hydrogen-bond acceptors (Lipinski definition) is 2. The van der Waals surface area contributed by atoms with Gasteiger partial charge in [-0.25, -0.2) is 0 Å². The highest BCUT2D eigenvalue weighted by Crippen LogP contribution is 2.45. The minimum atomic E-state index is -0.622. The van der Waals surface area contributed by atoms with E-state index in [9.17, 15) is 5.11 Å². The average Bonchev–Trinajstić information content (AvgIpc) is 2.93. The van der Waals surface area contributed by atoms with Gasteiger partial charge in [-0.1, -0.05) is 30.3 Å². The second-order valence-electron chi connectivity index (χ2n) is 5.94. The van der Waals surface area contributed by atoms with Gasteiger partial charge in [-0.15, -0.1) is 0 Å². The first-order chi connectivity index (χ1) is 8.73. The Bertz CT molecular complexity index is 506. The Balaban J connectivity index is 1.65. The minimum Gasteiger partial charge on any atom is -0.385 e. The lowest BCUT2D eigenvalue weighted by Crippen LogP contribution is -2.42. The average molecular weight is 242 g/mol. The molecule has 2 heteroatoms. The molecule has 0 amide bonds. The molecule has 2 bridgehead atoms. The predicted molar refractivity (Wildman–Crippen MR) is 70.2 cm³/mol. The van der Waals surface area contributed by atoms with Gasteiger partial charge >= 0.3 is 0 Å². The number of benzene rings is 1. The molecule has 2 saturated heterocycles. The molecule has 0 aromatic heterocycles. The third-order valence-electron chi connectivity index (χ3n) is 4.69. The Labute approximate surface area is 107 Å². The van der Waals surface area contributed by atoms with Crippen LogP contribution in [-0.4, -0.2) is 22.9 Å². The zero-order chi connectivity index (χ0) is 12.2. The van der Waals surface area contributed by atoms with Gasteiger partial charge in [0.15, 0.2) is 0 Å². The van der Waals surface area contributed by atoms with Crippen LogP contribution in [0.2, 0.25) is 0 Å². The van der Waals surface area contributed by atoms with Crippen molar-refractivity contribution >= 4 is 6.08 Å². The molecule has 2 atom stereocenters. The van der Waals surface area contributed by atoms with Crippen LogP contribution in [0.25, 0.3) is 6.08 Å². The Hall–Kier alpha value is -1.12. The van der Waals surface area contributed by atoms with Crippen LogP contribution in [0.5, 0.6) is 0 Å². The van der Waals surface area contributed by atoms with Crippen molar-refractivity contribution < 1.29 is 9.84 Å². The maximum Gasteiger partial charge on any atom is 0.0912 e. The summed E-state index contributed by atoms with van der Waals surface area (Å²) in [4.78, 5) is 0. The first-order valence-electron chi connectivity index (χ1n) is 6.90. The van der Waals surface area contributed by atoms with Crippen LogP contribution in [0.1, 0.15) is 36.8 Å². The van der Waals surface area contributed by atoms with Crippen molar-refractivity contribution in [2.45, 2.75) is 49.9 Å². The summed E-state index contributed by atoms with van der Waals surface area (Å²) in [5.74, 6) is 0. The van der Waals surface area contributed by atoms with Gasteiger partial charge in [0.1, 0.15) is 0 Å². The molecule has 1 N–H and O–H groups in total. The van der Waals surface area contributed by atoms with Crippen LogP contribution in [0.4, 0.5) is 0 Å². The lowest BCUT2D eigenvalue weighted by Gasteiger charge is -2.37. The third kappa shape index (κ3) is 1.56. The van der Waals surface area contributed by atoms with Gasteiger partial charge in [0.05, 0.1) is 17.8 Å². The van der Waals surface area contributed by atoms with Gasteiger partial charge < -0.3 is 9.84 Å². The zero-order valence-electron chi connectivity index (χ0n) is 10.4. The fraction of sp³-hybridized carbons (Fsp3) is 0.500. The van der Waals surface area contributed by atoms with Crippen molar-refractivity contribution in [3.63, 3.8) is 0 Å². The summed E-state index contributed by atoms with van der Waals surface area (Å²) < 4.78 is 5.84. The molecule has 3 aliphatic rings. The molecule has 2 aliphatic heterocycles. The molecule has 2 fully saturated rings. The molecule has 1 aromatic rings. The highest BCUT2D eigenvalue weighted by molar-refractivity contribution is 5.65. The van der Waals surface area contributed by atoms with Crippen LogP contribution in [0.3, 0.4) is 0 Å². The summed E-state index contributed by atoms with van der Waals surface area (Å²) >= 11 is 0. The topological polar surface area (TPSA) is 29.5 Å². The molecular formula is C16H18O2. The molecule has 18 heavy (non-hydrogen) atoms. The van der Waals surface area contributed by atoms with Gasteiger partial charge in [-0.05, 0) is 36.0 Å². The number of fused-ring (bicyclic) bond motifs is 3. The Morgan fingerprint density at radius 1 is 1.11 bits per heavy atom. The van der Waals surface area contributed by atoms with Gasteiger partial charge in [0.2, 0.25) is 0 Å². The largest absolute Gasteiger partial charge is 0.385 e. The van der Waals surface area contributed by atoms with Crippen molar-refractivity contribution in [2.75, 3.05) is 0 Å². The smallest absolute Gasteiger partial charge is 0.0912 e. The van der Waals surface area contributed by atoms with E-state index in [-0.39, 0.29) is 12.2 Å². The Morgan fingerprint density at radius 3 is 2.56 bits per heavy atom.